The van der Waals surface area contributed by atoms with Crippen molar-refractivity contribution in [2.75, 3.05) is 49.5 Å². The van der Waals surface area contributed by atoms with Crippen LogP contribution in [0.15, 0.2) is 36.4 Å². The number of aryl methyl sites for hydroxylation is 1. The molecule has 1 heterocycles. The Morgan fingerprint density at radius 1 is 1.14 bits per heavy atom. The fourth-order valence-electron chi connectivity index (χ4n) is 3.54. The maximum absolute atomic E-state index is 12.5. The summed E-state index contributed by atoms with van der Waals surface area (Å²) >= 11 is 6.20. The van der Waals surface area contributed by atoms with E-state index in [9.17, 15) is 4.79 Å². The van der Waals surface area contributed by atoms with Crippen LogP contribution in [-0.2, 0) is 4.79 Å². The lowest BCUT2D eigenvalue weighted by Gasteiger charge is -2.36. The average molecular weight is 416 g/mol. The Labute approximate surface area is 178 Å². The van der Waals surface area contributed by atoms with Gasteiger partial charge in [-0.2, -0.15) is 0 Å². The molecule has 0 atom stereocenters. The van der Waals surface area contributed by atoms with Crippen molar-refractivity contribution in [3.05, 3.63) is 52.5 Å². The number of carbonyl (C=O) groups excluding carboxylic acids is 1. The van der Waals surface area contributed by atoms with Crippen LogP contribution in [0.4, 0.5) is 11.4 Å². The minimum atomic E-state index is -0.0778. The van der Waals surface area contributed by atoms with Crippen molar-refractivity contribution >= 4 is 28.9 Å². The van der Waals surface area contributed by atoms with Crippen LogP contribution in [0.3, 0.4) is 0 Å². The Kier molecular flexibility index (Phi) is 7.40. The molecule has 0 aliphatic carbocycles. The summed E-state index contributed by atoms with van der Waals surface area (Å²) in [6.45, 7) is 11.6. The summed E-state index contributed by atoms with van der Waals surface area (Å²) in [7, 11) is 0. The van der Waals surface area contributed by atoms with Crippen molar-refractivity contribution in [2.24, 2.45) is 0 Å². The van der Waals surface area contributed by atoms with Gasteiger partial charge < -0.3 is 19.9 Å². The molecular weight excluding hydrogens is 386 g/mol. The van der Waals surface area contributed by atoms with E-state index in [-0.39, 0.29) is 12.3 Å². The molecule has 1 aliphatic rings. The molecule has 0 radical (unpaired) electrons. The largest absolute Gasteiger partial charge is 0.493 e. The lowest BCUT2D eigenvalue weighted by Crippen LogP contribution is -2.46. The maximum Gasteiger partial charge on any atom is 0.227 e. The summed E-state index contributed by atoms with van der Waals surface area (Å²) in [5, 5.41) is 3.64. The van der Waals surface area contributed by atoms with Gasteiger partial charge in [-0.25, -0.2) is 0 Å². The van der Waals surface area contributed by atoms with E-state index in [2.05, 4.69) is 35.0 Å². The molecule has 2 aromatic rings. The third-order valence-electron chi connectivity index (χ3n) is 5.53. The van der Waals surface area contributed by atoms with Crippen LogP contribution >= 0.6 is 11.6 Å². The smallest absolute Gasteiger partial charge is 0.227 e. The highest BCUT2D eigenvalue weighted by atomic mass is 35.5. The van der Waals surface area contributed by atoms with Crippen molar-refractivity contribution in [3.63, 3.8) is 0 Å². The number of halogens is 1. The van der Waals surface area contributed by atoms with Gasteiger partial charge in [0.15, 0.2) is 0 Å². The predicted molar refractivity (Wildman–Crippen MR) is 120 cm³/mol. The summed E-state index contributed by atoms with van der Waals surface area (Å²) in [6.07, 6.45) is 0.281. The van der Waals surface area contributed by atoms with E-state index in [4.69, 9.17) is 16.3 Å². The zero-order valence-electron chi connectivity index (χ0n) is 17.5. The van der Waals surface area contributed by atoms with E-state index in [0.29, 0.717) is 11.6 Å². The van der Waals surface area contributed by atoms with Gasteiger partial charge in [0.05, 0.1) is 24.4 Å². The Hall–Kier alpha value is -2.24. The van der Waals surface area contributed by atoms with Crippen molar-refractivity contribution in [2.45, 2.75) is 27.2 Å². The molecule has 0 spiro atoms. The second-order valence-electron chi connectivity index (χ2n) is 7.43. The zero-order chi connectivity index (χ0) is 20.8. The molecule has 0 unspecified atom stereocenters. The number of benzene rings is 2. The molecule has 2 aromatic carbocycles. The van der Waals surface area contributed by atoms with Crippen molar-refractivity contribution < 1.29 is 9.53 Å². The van der Waals surface area contributed by atoms with Gasteiger partial charge in [0.25, 0.3) is 0 Å². The predicted octanol–water partition coefficient (Wildman–Crippen LogP) is 4.51. The monoisotopic (exact) mass is 415 g/mol. The van der Waals surface area contributed by atoms with Gasteiger partial charge in [0.2, 0.25) is 5.91 Å². The molecule has 3 rings (SSSR count). The van der Waals surface area contributed by atoms with E-state index in [0.717, 1.165) is 55.4 Å². The highest BCUT2D eigenvalue weighted by Crippen LogP contribution is 2.30. The van der Waals surface area contributed by atoms with Crippen molar-refractivity contribution in [1.82, 2.24) is 4.90 Å². The molecular formula is C23H30ClN3O2. The Balaban J connectivity index is 1.59. The number of hydrogen-bond donors (Lipinski definition) is 1. The van der Waals surface area contributed by atoms with Crippen molar-refractivity contribution in [1.29, 1.82) is 0 Å². The zero-order valence-corrected chi connectivity index (χ0v) is 18.3. The highest BCUT2D eigenvalue weighted by molar-refractivity contribution is 6.31. The molecule has 6 heteroatoms. The summed E-state index contributed by atoms with van der Waals surface area (Å²) in [6, 6.07) is 11.6. The van der Waals surface area contributed by atoms with Gasteiger partial charge in [0.1, 0.15) is 5.75 Å². The van der Waals surface area contributed by atoms with Gasteiger partial charge in [-0.3, -0.25) is 4.79 Å². The SMILES string of the molecule is CCN1CCN(c2ccc(Cl)cc2NC(=O)CCOc2cccc(C)c2C)CC1. The van der Waals surface area contributed by atoms with Gasteiger partial charge >= 0.3 is 0 Å². The van der Waals surface area contributed by atoms with E-state index in [1.54, 1.807) is 0 Å². The van der Waals surface area contributed by atoms with Gasteiger partial charge in [-0.1, -0.05) is 30.7 Å². The van der Waals surface area contributed by atoms with Crippen LogP contribution in [0.25, 0.3) is 0 Å². The number of anilines is 2. The molecule has 1 saturated heterocycles. The first-order valence-electron chi connectivity index (χ1n) is 10.2. The third kappa shape index (κ3) is 5.64. The second-order valence-corrected chi connectivity index (χ2v) is 7.86. The minimum absolute atomic E-state index is 0.0778. The summed E-state index contributed by atoms with van der Waals surface area (Å²) in [4.78, 5) is 17.3. The molecule has 1 amide bonds. The number of rotatable bonds is 7. The number of nitrogens with one attached hydrogen (secondary N) is 1. The van der Waals surface area contributed by atoms with E-state index in [1.807, 2.05) is 37.3 Å². The second kappa shape index (κ2) is 9.99. The average Bonchev–Trinajstić information content (AvgIpc) is 2.71. The normalized spacial score (nSPS) is 14.7. The number of piperazine rings is 1. The molecule has 0 aromatic heterocycles. The van der Waals surface area contributed by atoms with Crippen LogP contribution in [0.1, 0.15) is 24.5 Å². The summed E-state index contributed by atoms with van der Waals surface area (Å²) in [5.41, 5.74) is 4.07. The lowest BCUT2D eigenvalue weighted by atomic mass is 10.1. The van der Waals surface area contributed by atoms with Gasteiger partial charge in [-0.15, -0.1) is 0 Å². The number of amides is 1. The van der Waals surface area contributed by atoms with Crippen LogP contribution in [0.2, 0.25) is 5.02 Å². The molecule has 1 N–H and O–H groups in total. The Morgan fingerprint density at radius 2 is 1.90 bits per heavy atom. The van der Waals surface area contributed by atoms with Gasteiger partial charge in [0, 0.05) is 31.2 Å². The number of hydrogen-bond acceptors (Lipinski definition) is 4. The number of carbonyl (C=O) groups is 1. The number of ether oxygens (including phenoxy) is 1. The van der Waals surface area contributed by atoms with E-state index >= 15 is 0 Å². The fourth-order valence-corrected chi connectivity index (χ4v) is 3.71. The Morgan fingerprint density at radius 3 is 2.62 bits per heavy atom. The van der Waals surface area contributed by atoms with Crippen LogP contribution < -0.4 is 15.0 Å². The van der Waals surface area contributed by atoms with Crippen LogP contribution in [0.5, 0.6) is 5.75 Å². The first-order chi connectivity index (χ1) is 14.0. The standard InChI is InChI=1S/C23H30ClN3O2/c1-4-26-11-13-27(14-12-26)21-9-8-19(24)16-20(21)25-23(28)10-15-29-22-7-5-6-17(2)18(22)3/h5-9,16H,4,10-15H2,1-3H3,(H,25,28). The maximum atomic E-state index is 12.5. The summed E-state index contributed by atoms with van der Waals surface area (Å²) < 4.78 is 5.82. The first-order valence-corrected chi connectivity index (χ1v) is 10.6. The van der Waals surface area contributed by atoms with E-state index < -0.39 is 0 Å². The number of nitrogens with zero attached hydrogens (tertiary/aromatic N) is 2. The molecule has 1 fully saturated rings. The molecule has 29 heavy (non-hydrogen) atoms. The Bertz CT molecular complexity index is 848. The van der Waals surface area contributed by atoms with E-state index in [1.165, 1.54) is 5.56 Å². The van der Waals surface area contributed by atoms with Crippen molar-refractivity contribution in [3.8, 4) is 5.75 Å². The molecule has 0 saturated carbocycles. The number of likely N-dealkylation sites (N-methyl/N-ethyl adjacent to an activating group) is 1. The highest BCUT2D eigenvalue weighted by Gasteiger charge is 2.19. The quantitative estimate of drug-likeness (QED) is 0.722. The minimum Gasteiger partial charge on any atom is -0.493 e. The molecule has 1 aliphatic heterocycles. The first kappa shape index (κ1) is 21.5. The third-order valence-corrected chi connectivity index (χ3v) is 5.77. The topological polar surface area (TPSA) is 44.8 Å². The van der Waals surface area contributed by atoms with Gasteiger partial charge in [-0.05, 0) is 55.8 Å². The summed E-state index contributed by atoms with van der Waals surface area (Å²) in [5.74, 6) is 0.751. The van der Waals surface area contributed by atoms with Crippen LogP contribution in [0, 0.1) is 13.8 Å². The molecule has 5 nitrogen and oxygen atoms in total. The van der Waals surface area contributed by atoms with Crippen LogP contribution in [-0.4, -0.2) is 50.1 Å². The molecule has 156 valence electrons. The molecule has 0 bridgehead atoms. The lowest BCUT2D eigenvalue weighted by molar-refractivity contribution is -0.116. The fraction of sp³-hybridized carbons (Fsp3) is 0.435.